The fourth-order valence-corrected chi connectivity index (χ4v) is 4.49. The molecule has 4 heteroatoms. The van der Waals surface area contributed by atoms with Crippen molar-refractivity contribution in [3.8, 4) is 28.0 Å². The summed E-state index contributed by atoms with van der Waals surface area (Å²) >= 11 is 0. The van der Waals surface area contributed by atoms with E-state index < -0.39 is 17.8 Å². The molecule has 0 N–H and O–H groups in total. The molecule has 0 radical (unpaired) electrons. The minimum atomic E-state index is -2.91. The first-order chi connectivity index (χ1) is 17.5. The van der Waals surface area contributed by atoms with E-state index in [1.807, 2.05) is 19.1 Å². The Hall–Kier alpha value is -3.53. The van der Waals surface area contributed by atoms with Crippen LogP contribution < -0.4 is 4.74 Å². The summed E-state index contributed by atoms with van der Waals surface area (Å²) in [4.78, 5) is 0. The van der Waals surface area contributed by atoms with Gasteiger partial charge in [0.05, 0.1) is 12.2 Å². The predicted molar refractivity (Wildman–Crippen MR) is 141 cm³/mol. The molecule has 0 aliphatic rings. The molecule has 36 heavy (non-hydrogen) atoms. The first-order valence-corrected chi connectivity index (χ1v) is 12.5. The number of rotatable bonds is 10. The predicted octanol–water partition coefficient (Wildman–Crippen LogP) is 9.23. The second kappa shape index (κ2) is 11.9. The smallest absolute Gasteiger partial charge is 0.267 e. The Bertz CT molecular complexity index is 1260. The van der Waals surface area contributed by atoms with Crippen LogP contribution in [0.3, 0.4) is 0 Å². The highest BCUT2D eigenvalue weighted by atomic mass is 19.3. The molecule has 0 fully saturated rings. The molecule has 0 bridgehead atoms. The van der Waals surface area contributed by atoms with E-state index >= 15 is 4.39 Å². The first kappa shape index (κ1) is 25.6. The van der Waals surface area contributed by atoms with E-state index in [2.05, 4.69) is 43.3 Å². The SMILES string of the molecule is CCCc1ccc(-c2ccc(CCc3ccc(-c4ccc(OCC)cc4)c(C(F)F)c3F)cc2)cc1. The number of hydrogen-bond acceptors (Lipinski definition) is 1. The molecule has 0 aliphatic heterocycles. The zero-order valence-electron chi connectivity index (χ0n) is 20.7. The lowest BCUT2D eigenvalue weighted by molar-refractivity contribution is 0.147. The Morgan fingerprint density at radius 2 is 1.19 bits per heavy atom. The summed E-state index contributed by atoms with van der Waals surface area (Å²) in [7, 11) is 0. The van der Waals surface area contributed by atoms with Gasteiger partial charge < -0.3 is 4.74 Å². The van der Waals surface area contributed by atoms with Gasteiger partial charge in [-0.3, -0.25) is 0 Å². The molecular weight excluding hydrogens is 457 g/mol. The van der Waals surface area contributed by atoms with Crippen LogP contribution in [0.2, 0.25) is 0 Å². The van der Waals surface area contributed by atoms with Gasteiger partial charge in [-0.05, 0) is 77.3 Å². The molecule has 0 saturated carbocycles. The highest BCUT2D eigenvalue weighted by Gasteiger charge is 2.22. The van der Waals surface area contributed by atoms with Crippen molar-refractivity contribution in [2.24, 2.45) is 0 Å². The van der Waals surface area contributed by atoms with Crippen molar-refractivity contribution in [1.29, 1.82) is 0 Å². The molecule has 0 amide bonds. The fourth-order valence-electron chi connectivity index (χ4n) is 4.49. The van der Waals surface area contributed by atoms with E-state index in [-0.39, 0.29) is 5.56 Å². The van der Waals surface area contributed by atoms with E-state index in [9.17, 15) is 8.78 Å². The van der Waals surface area contributed by atoms with Gasteiger partial charge in [0, 0.05) is 0 Å². The topological polar surface area (TPSA) is 9.23 Å². The summed E-state index contributed by atoms with van der Waals surface area (Å²) in [6.07, 6.45) is 0.203. The third-order valence-corrected chi connectivity index (χ3v) is 6.42. The molecule has 0 spiro atoms. The largest absolute Gasteiger partial charge is 0.494 e. The maximum Gasteiger partial charge on any atom is 0.267 e. The van der Waals surface area contributed by atoms with Gasteiger partial charge >= 0.3 is 0 Å². The molecule has 0 aliphatic carbocycles. The van der Waals surface area contributed by atoms with Gasteiger partial charge in [0.2, 0.25) is 0 Å². The number of halogens is 3. The third-order valence-electron chi connectivity index (χ3n) is 6.42. The number of ether oxygens (including phenoxy) is 1. The number of hydrogen-bond donors (Lipinski definition) is 0. The fraction of sp³-hybridized carbons (Fsp3) is 0.250. The van der Waals surface area contributed by atoms with Crippen LogP contribution in [0.1, 0.15) is 48.9 Å². The maximum atomic E-state index is 15.2. The van der Waals surface area contributed by atoms with Crippen LogP contribution in [-0.4, -0.2) is 6.61 Å². The van der Waals surface area contributed by atoms with Crippen molar-refractivity contribution in [2.45, 2.75) is 46.0 Å². The summed E-state index contributed by atoms with van der Waals surface area (Å²) in [6.45, 7) is 4.56. The molecule has 4 rings (SSSR count). The molecule has 0 heterocycles. The quantitative estimate of drug-likeness (QED) is 0.216. The Labute approximate surface area is 211 Å². The van der Waals surface area contributed by atoms with Crippen LogP contribution in [0, 0.1) is 5.82 Å². The van der Waals surface area contributed by atoms with E-state index in [1.165, 1.54) is 5.56 Å². The molecule has 4 aromatic rings. The van der Waals surface area contributed by atoms with Gasteiger partial charge in [0.25, 0.3) is 6.43 Å². The van der Waals surface area contributed by atoms with Crippen molar-refractivity contribution >= 4 is 0 Å². The molecule has 4 aromatic carbocycles. The van der Waals surface area contributed by atoms with Gasteiger partial charge in [-0.2, -0.15) is 0 Å². The van der Waals surface area contributed by atoms with Crippen LogP contribution in [0.4, 0.5) is 13.2 Å². The van der Waals surface area contributed by atoms with Gasteiger partial charge in [-0.15, -0.1) is 0 Å². The van der Waals surface area contributed by atoms with Crippen molar-refractivity contribution in [2.75, 3.05) is 6.61 Å². The van der Waals surface area contributed by atoms with Gasteiger partial charge in [0.1, 0.15) is 11.6 Å². The summed E-state index contributed by atoms with van der Waals surface area (Å²) in [5.74, 6) is -0.170. The summed E-state index contributed by atoms with van der Waals surface area (Å²) in [5, 5.41) is 0. The standard InChI is InChI=1S/C32H31F3O/c1-3-5-22-6-11-24(12-7-22)25-13-8-23(9-14-25)10-15-27-18-21-29(30(31(27)33)32(34)35)26-16-19-28(20-17-26)36-4-2/h6-9,11-14,16-21,32H,3-5,10,15H2,1-2H3. The monoisotopic (exact) mass is 488 g/mol. The molecule has 186 valence electrons. The minimum Gasteiger partial charge on any atom is -0.494 e. The van der Waals surface area contributed by atoms with Crippen LogP contribution in [0.15, 0.2) is 84.9 Å². The first-order valence-electron chi connectivity index (χ1n) is 12.5. The Balaban J connectivity index is 1.49. The second-order valence-corrected chi connectivity index (χ2v) is 8.90. The minimum absolute atomic E-state index is 0.212. The van der Waals surface area contributed by atoms with E-state index in [0.717, 1.165) is 29.5 Å². The molecule has 0 atom stereocenters. The van der Waals surface area contributed by atoms with Crippen molar-refractivity contribution in [3.63, 3.8) is 0 Å². The molecule has 0 aromatic heterocycles. The zero-order chi connectivity index (χ0) is 25.5. The van der Waals surface area contributed by atoms with Crippen molar-refractivity contribution < 1.29 is 17.9 Å². The Kier molecular flexibility index (Phi) is 8.48. The number of aryl methyl sites for hydroxylation is 3. The van der Waals surface area contributed by atoms with Crippen molar-refractivity contribution in [1.82, 2.24) is 0 Å². The number of alkyl halides is 2. The lowest BCUT2D eigenvalue weighted by Gasteiger charge is -2.14. The van der Waals surface area contributed by atoms with E-state index in [4.69, 9.17) is 4.74 Å². The normalized spacial score (nSPS) is 11.2. The van der Waals surface area contributed by atoms with E-state index in [0.29, 0.717) is 36.3 Å². The number of benzene rings is 4. The molecule has 0 saturated heterocycles. The lowest BCUT2D eigenvalue weighted by Crippen LogP contribution is -2.02. The van der Waals surface area contributed by atoms with Gasteiger partial charge in [-0.1, -0.05) is 86.1 Å². The van der Waals surface area contributed by atoms with Crippen LogP contribution in [0.25, 0.3) is 22.3 Å². The van der Waals surface area contributed by atoms with Crippen LogP contribution >= 0.6 is 0 Å². The van der Waals surface area contributed by atoms with E-state index in [1.54, 1.807) is 36.4 Å². The highest BCUT2D eigenvalue weighted by Crippen LogP contribution is 2.36. The zero-order valence-corrected chi connectivity index (χ0v) is 20.7. The third kappa shape index (κ3) is 5.99. The van der Waals surface area contributed by atoms with Gasteiger partial charge in [0.15, 0.2) is 0 Å². The lowest BCUT2D eigenvalue weighted by atomic mass is 9.94. The molecule has 0 unspecified atom stereocenters. The Morgan fingerprint density at radius 3 is 1.72 bits per heavy atom. The summed E-state index contributed by atoms with van der Waals surface area (Å²) < 4.78 is 48.5. The average molecular weight is 489 g/mol. The maximum absolute atomic E-state index is 15.2. The summed E-state index contributed by atoms with van der Waals surface area (Å²) in [6, 6.07) is 26.8. The molecule has 1 nitrogen and oxygen atoms in total. The second-order valence-electron chi connectivity index (χ2n) is 8.90. The Morgan fingerprint density at radius 1 is 0.639 bits per heavy atom. The molecular formula is C32H31F3O. The van der Waals surface area contributed by atoms with Crippen LogP contribution in [0.5, 0.6) is 5.75 Å². The average Bonchev–Trinajstić information content (AvgIpc) is 2.89. The van der Waals surface area contributed by atoms with Gasteiger partial charge in [-0.25, -0.2) is 13.2 Å². The highest BCUT2D eigenvalue weighted by molar-refractivity contribution is 5.69. The van der Waals surface area contributed by atoms with Crippen LogP contribution in [-0.2, 0) is 19.3 Å². The summed E-state index contributed by atoms with van der Waals surface area (Å²) in [5.41, 5.74) is 5.15. The van der Waals surface area contributed by atoms with Crippen molar-refractivity contribution in [3.05, 3.63) is 113 Å².